The lowest BCUT2D eigenvalue weighted by atomic mass is 10.0. The second-order valence-corrected chi connectivity index (χ2v) is 6.38. The Morgan fingerprint density at radius 3 is 3.06 bits per heavy atom. The number of rotatable bonds is 1. The van der Waals surface area contributed by atoms with Gasteiger partial charge in [-0.2, -0.15) is 0 Å². The summed E-state index contributed by atoms with van der Waals surface area (Å²) in [5, 5.41) is 3.54. The summed E-state index contributed by atoms with van der Waals surface area (Å²) in [5.41, 5.74) is 2.56. The first-order valence-electron chi connectivity index (χ1n) is 6.16. The fraction of sp³-hybridized carbons (Fsp3) is 0.462. The van der Waals surface area contributed by atoms with Crippen LogP contribution in [0.2, 0.25) is 0 Å². The molecule has 0 bridgehead atoms. The molecule has 0 atom stereocenters. The predicted molar refractivity (Wildman–Crippen MR) is 77.2 cm³/mol. The monoisotopic (exact) mass is 308 g/mol. The average molecular weight is 309 g/mol. The number of pyridine rings is 1. The highest BCUT2D eigenvalue weighted by Gasteiger charge is 2.26. The van der Waals surface area contributed by atoms with Crippen LogP contribution in [0.4, 0.5) is 5.69 Å². The SMILES string of the molecule is CC1(C)CN(c2cc(Br)cn3cncc23)CCN1. The van der Waals surface area contributed by atoms with Crippen molar-refractivity contribution in [1.29, 1.82) is 0 Å². The molecule has 0 unspecified atom stereocenters. The van der Waals surface area contributed by atoms with Crippen LogP contribution >= 0.6 is 15.9 Å². The van der Waals surface area contributed by atoms with Crippen LogP contribution in [0.15, 0.2) is 29.3 Å². The molecule has 0 aliphatic carbocycles. The van der Waals surface area contributed by atoms with Gasteiger partial charge in [0.25, 0.3) is 0 Å². The normalized spacial score (nSPS) is 19.4. The van der Waals surface area contributed by atoms with E-state index in [4.69, 9.17) is 0 Å². The van der Waals surface area contributed by atoms with Gasteiger partial charge in [-0.15, -0.1) is 0 Å². The van der Waals surface area contributed by atoms with Gasteiger partial charge >= 0.3 is 0 Å². The molecule has 1 fully saturated rings. The van der Waals surface area contributed by atoms with Gasteiger partial charge in [0.05, 0.1) is 23.7 Å². The van der Waals surface area contributed by atoms with Crippen LogP contribution in [0.3, 0.4) is 0 Å². The van der Waals surface area contributed by atoms with Gasteiger partial charge in [-0.1, -0.05) is 0 Å². The number of anilines is 1. The molecule has 2 aromatic rings. The number of piperazine rings is 1. The first kappa shape index (κ1) is 12.0. The Labute approximate surface area is 115 Å². The summed E-state index contributed by atoms with van der Waals surface area (Å²) in [7, 11) is 0. The van der Waals surface area contributed by atoms with E-state index in [-0.39, 0.29) is 5.54 Å². The topological polar surface area (TPSA) is 32.6 Å². The predicted octanol–water partition coefficient (Wildman–Crippen LogP) is 2.28. The third-order valence-electron chi connectivity index (χ3n) is 3.38. The Hall–Kier alpha value is -1.07. The Kier molecular flexibility index (Phi) is 2.83. The summed E-state index contributed by atoms with van der Waals surface area (Å²) in [6.07, 6.45) is 5.81. The van der Waals surface area contributed by atoms with E-state index in [0.29, 0.717) is 0 Å². The van der Waals surface area contributed by atoms with Crippen LogP contribution < -0.4 is 10.2 Å². The summed E-state index contributed by atoms with van der Waals surface area (Å²) in [6.45, 7) is 7.53. The lowest BCUT2D eigenvalue weighted by molar-refractivity contribution is 0.353. The summed E-state index contributed by atoms with van der Waals surface area (Å²) >= 11 is 3.57. The van der Waals surface area contributed by atoms with Crippen molar-refractivity contribution >= 4 is 27.1 Å². The van der Waals surface area contributed by atoms with Crippen molar-refractivity contribution in [3.63, 3.8) is 0 Å². The van der Waals surface area contributed by atoms with Crippen molar-refractivity contribution in [2.24, 2.45) is 0 Å². The van der Waals surface area contributed by atoms with E-state index in [2.05, 4.69) is 55.4 Å². The molecular formula is C13H17BrN4. The van der Waals surface area contributed by atoms with Crippen molar-refractivity contribution < 1.29 is 0 Å². The van der Waals surface area contributed by atoms with Gasteiger partial charge in [0, 0.05) is 35.8 Å². The van der Waals surface area contributed by atoms with Crippen LogP contribution in [0.5, 0.6) is 0 Å². The molecule has 1 saturated heterocycles. The standard InChI is InChI=1S/C13H17BrN4/c1-13(2)8-17(4-3-16-13)11-5-10(14)7-18-9-15-6-12(11)18/h5-7,9,16H,3-4,8H2,1-2H3. The number of nitrogens with zero attached hydrogens (tertiary/aromatic N) is 3. The molecule has 2 aromatic heterocycles. The molecule has 3 rings (SSSR count). The van der Waals surface area contributed by atoms with Gasteiger partial charge in [-0.3, -0.25) is 0 Å². The van der Waals surface area contributed by atoms with Gasteiger partial charge in [0.15, 0.2) is 0 Å². The second kappa shape index (κ2) is 4.24. The molecule has 1 N–H and O–H groups in total. The summed E-state index contributed by atoms with van der Waals surface area (Å²) in [6, 6.07) is 2.18. The molecule has 18 heavy (non-hydrogen) atoms. The molecule has 0 aromatic carbocycles. The molecule has 1 aliphatic rings. The first-order valence-corrected chi connectivity index (χ1v) is 6.96. The van der Waals surface area contributed by atoms with E-state index in [9.17, 15) is 0 Å². The largest absolute Gasteiger partial charge is 0.367 e. The molecule has 96 valence electrons. The van der Waals surface area contributed by atoms with Gasteiger partial charge in [-0.05, 0) is 35.8 Å². The van der Waals surface area contributed by atoms with Crippen molar-refractivity contribution in [2.75, 3.05) is 24.5 Å². The van der Waals surface area contributed by atoms with Crippen LogP contribution in [0.25, 0.3) is 5.52 Å². The van der Waals surface area contributed by atoms with Gasteiger partial charge in [0.2, 0.25) is 0 Å². The smallest absolute Gasteiger partial charge is 0.0992 e. The fourth-order valence-electron chi connectivity index (χ4n) is 2.58. The number of hydrogen-bond acceptors (Lipinski definition) is 3. The van der Waals surface area contributed by atoms with Crippen LogP contribution in [0.1, 0.15) is 13.8 Å². The van der Waals surface area contributed by atoms with Crippen LogP contribution in [-0.2, 0) is 0 Å². The summed E-state index contributed by atoms with van der Waals surface area (Å²) in [5.74, 6) is 0. The Morgan fingerprint density at radius 2 is 2.28 bits per heavy atom. The maximum absolute atomic E-state index is 4.23. The maximum Gasteiger partial charge on any atom is 0.0992 e. The zero-order valence-corrected chi connectivity index (χ0v) is 12.2. The number of hydrogen-bond donors (Lipinski definition) is 1. The van der Waals surface area contributed by atoms with E-state index in [1.807, 2.05) is 18.7 Å². The Morgan fingerprint density at radius 1 is 1.44 bits per heavy atom. The zero-order chi connectivity index (χ0) is 12.8. The van der Waals surface area contributed by atoms with Gasteiger partial charge < -0.3 is 14.6 Å². The highest BCUT2D eigenvalue weighted by molar-refractivity contribution is 9.10. The molecule has 4 nitrogen and oxygen atoms in total. The third-order valence-corrected chi connectivity index (χ3v) is 3.81. The van der Waals surface area contributed by atoms with Gasteiger partial charge in [0.1, 0.15) is 0 Å². The number of aromatic nitrogens is 2. The van der Waals surface area contributed by atoms with Crippen LogP contribution in [0, 0.1) is 0 Å². The van der Waals surface area contributed by atoms with Crippen molar-refractivity contribution in [2.45, 2.75) is 19.4 Å². The van der Waals surface area contributed by atoms with Crippen molar-refractivity contribution in [3.8, 4) is 0 Å². The second-order valence-electron chi connectivity index (χ2n) is 5.46. The van der Waals surface area contributed by atoms with E-state index in [1.165, 1.54) is 5.69 Å². The quantitative estimate of drug-likeness (QED) is 0.877. The molecule has 0 radical (unpaired) electrons. The van der Waals surface area contributed by atoms with Gasteiger partial charge in [-0.25, -0.2) is 4.98 Å². The lowest BCUT2D eigenvalue weighted by Gasteiger charge is -2.40. The number of fused-ring (bicyclic) bond motifs is 1. The summed E-state index contributed by atoms with van der Waals surface area (Å²) < 4.78 is 3.15. The minimum Gasteiger partial charge on any atom is -0.367 e. The molecule has 0 amide bonds. The summed E-state index contributed by atoms with van der Waals surface area (Å²) in [4.78, 5) is 6.66. The highest BCUT2D eigenvalue weighted by Crippen LogP contribution is 2.28. The number of nitrogens with one attached hydrogen (secondary N) is 1. The third kappa shape index (κ3) is 2.12. The molecule has 3 heterocycles. The van der Waals surface area contributed by atoms with Crippen molar-refractivity contribution in [1.82, 2.24) is 14.7 Å². The minimum absolute atomic E-state index is 0.150. The molecule has 0 spiro atoms. The van der Waals surface area contributed by atoms with Crippen molar-refractivity contribution in [3.05, 3.63) is 29.3 Å². The first-order chi connectivity index (χ1) is 8.55. The molecule has 5 heteroatoms. The zero-order valence-electron chi connectivity index (χ0n) is 10.7. The maximum atomic E-state index is 4.23. The van der Waals surface area contributed by atoms with E-state index >= 15 is 0 Å². The van der Waals surface area contributed by atoms with E-state index in [0.717, 1.165) is 29.6 Å². The highest BCUT2D eigenvalue weighted by atomic mass is 79.9. The van der Waals surface area contributed by atoms with E-state index in [1.54, 1.807) is 0 Å². The fourth-order valence-corrected chi connectivity index (χ4v) is 3.02. The number of imidazole rings is 1. The molecular weight excluding hydrogens is 292 g/mol. The Balaban J connectivity index is 2.05. The van der Waals surface area contributed by atoms with Crippen LogP contribution in [-0.4, -0.2) is 34.6 Å². The average Bonchev–Trinajstić information content (AvgIpc) is 2.74. The lowest BCUT2D eigenvalue weighted by Crippen LogP contribution is -2.57. The van der Waals surface area contributed by atoms with E-state index < -0.39 is 0 Å². The number of halogens is 1. The minimum atomic E-state index is 0.150. The molecule has 1 aliphatic heterocycles. The Bertz CT molecular complexity index is 575. The molecule has 0 saturated carbocycles.